The molecule has 0 bridgehead atoms. The number of carboxylic acids is 1. The smallest absolute Gasteiger partial charge is 0.310 e. The number of rotatable bonds is 2. The van der Waals surface area contributed by atoms with E-state index >= 15 is 0 Å². The second kappa shape index (κ2) is 3.49. The van der Waals surface area contributed by atoms with Gasteiger partial charge >= 0.3 is 11.9 Å². The topological polar surface area (TPSA) is 63.6 Å². The number of carbonyl (C=O) groups is 2. The van der Waals surface area contributed by atoms with Crippen molar-refractivity contribution in [2.24, 2.45) is 35.0 Å². The number of carbonyl (C=O) groups excluding carboxylic acids is 1. The van der Waals surface area contributed by atoms with E-state index in [0.29, 0.717) is 0 Å². The summed E-state index contributed by atoms with van der Waals surface area (Å²) in [5.74, 6) is -1.58. The first-order chi connectivity index (χ1) is 8.40. The van der Waals surface area contributed by atoms with Crippen molar-refractivity contribution in [2.75, 3.05) is 0 Å². The first kappa shape index (κ1) is 12.0. The third-order valence-corrected chi connectivity index (χ3v) is 5.53. The van der Waals surface area contributed by atoms with Crippen LogP contribution in [-0.2, 0) is 14.3 Å². The van der Waals surface area contributed by atoms with Gasteiger partial charge in [0.25, 0.3) is 0 Å². The van der Waals surface area contributed by atoms with Crippen molar-refractivity contribution >= 4 is 11.9 Å². The summed E-state index contributed by atoms with van der Waals surface area (Å²) in [5, 5.41) is 9.43. The Hall–Kier alpha value is -1.06. The van der Waals surface area contributed by atoms with Crippen molar-refractivity contribution in [3.05, 3.63) is 0 Å². The molecular formula is C14H20O4. The zero-order valence-corrected chi connectivity index (χ0v) is 11.1. The fourth-order valence-electron chi connectivity index (χ4n) is 4.52. The zero-order chi connectivity index (χ0) is 13.2. The highest BCUT2D eigenvalue weighted by Crippen LogP contribution is 2.71. The lowest BCUT2D eigenvalue weighted by Crippen LogP contribution is -2.30. The van der Waals surface area contributed by atoms with Crippen LogP contribution in [0, 0.1) is 35.0 Å². The number of aliphatic carboxylic acids is 1. The molecule has 1 saturated heterocycles. The highest BCUT2D eigenvalue weighted by molar-refractivity contribution is 5.84. The number of carboxylic acid groups (broad SMARTS) is 1. The Balaban J connectivity index is 2.03. The van der Waals surface area contributed by atoms with Crippen LogP contribution in [0.4, 0.5) is 0 Å². The Morgan fingerprint density at radius 2 is 2.06 bits per heavy atom. The summed E-state index contributed by atoms with van der Waals surface area (Å²) in [6.07, 6.45) is 2.02. The maximum atomic E-state index is 12.1. The van der Waals surface area contributed by atoms with E-state index in [0.717, 1.165) is 12.8 Å². The Bertz CT molecular complexity index is 410. The molecule has 4 heteroatoms. The van der Waals surface area contributed by atoms with Gasteiger partial charge < -0.3 is 9.84 Å². The average Bonchev–Trinajstić information content (AvgIpc) is 2.94. The van der Waals surface area contributed by atoms with E-state index in [1.165, 1.54) is 0 Å². The van der Waals surface area contributed by atoms with Crippen molar-refractivity contribution in [1.29, 1.82) is 0 Å². The summed E-state index contributed by atoms with van der Waals surface area (Å²) in [7, 11) is 0. The van der Waals surface area contributed by atoms with Gasteiger partial charge in [-0.3, -0.25) is 9.59 Å². The van der Waals surface area contributed by atoms with E-state index < -0.39 is 17.8 Å². The van der Waals surface area contributed by atoms with Crippen LogP contribution in [-0.4, -0.2) is 23.1 Å². The first-order valence-corrected chi connectivity index (χ1v) is 6.83. The molecule has 3 rings (SSSR count). The fourth-order valence-corrected chi connectivity index (χ4v) is 4.52. The molecule has 18 heavy (non-hydrogen) atoms. The van der Waals surface area contributed by atoms with E-state index in [1.807, 2.05) is 6.92 Å². The lowest BCUT2D eigenvalue weighted by Gasteiger charge is -2.28. The Morgan fingerprint density at radius 1 is 1.44 bits per heavy atom. The van der Waals surface area contributed by atoms with Gasteiger partial charge in [-0.1, -0.05) is 20.8 Å². The molecule has 3 fully saturated rings. The Kier molecular flexibility index (Phi) is 2.32. The minimum absolute atomic E-state index is 0.0643. The van der Waals surface area contributed by atoms with Gasteiger partial charge in [0.1, 0.15) is 6.10 Å². The van der Waals surface area contributed by atoms with Crippen molar-refractivity contribution in [1.82, 2.24) is 0 Å². The van der Waals surface area contributed by atoms with Crippen LogP contribution in [0.15, 0.2) is 0 Å². The van der Waals surface area contributed by atoms with Gasteiger partial charge in [0.15, 0.2) is 0 Å². The number of hydrogen-bond acceptors (Lipinski definition) is 3. The lowest BCUT2D eigenvalue weighted by atomic mass is 9.78. The molecule has 0 amide bonds. The van der Waals surface area contributed by atoms with Crippen molar-refractivity contribution < 1.29 is 19.4 Å². The van der Waals surface area contributed by atoms with E-state index in [4.69, 9.17) is 4.74 Å². The third-order valence-electron chi connectivity index (χ3n) is 5.53. The molecule has 2 saturated carbocycles. The molecule has 0 aromatic heterocycles. The molecule has 5 unspecified atom stereocenters. The van der Waals surface area contributed by atoms with Crippen LogP contribution in [0.1, 0.15) is 33.6 Å². The average molecular weight is 252 g/mol. The predicted molar refractivity (Wildman–Crippen MR) is 63.7 cm³/mol. The fraction of sp³-hybridized carbons (Fsp3) is 0.857. The second-order valence-electron chi connectivity index (χ2n) is 6.58. The first-order valence-electron chi connectivity index (χ1n) is 6.83. The largest absolute Gasteiger partial charge is 0.481 e. The maximum absolute atomic E-state index is 12.1. The standard InChI is InChI=1S/C14H20O4/c1-6(2)11-10-9(13(17)18-11)8(12(15)16)7(3)14(10)4-5-14/h6-11H,4-5H2,1-3H3,(H,15,16). The van der Waals surface area contributed by atoms with Gasteiger partial charge in [-0.15, -0.1) is 0 Å². The number of esters is 1. The molecule has 1 heterocycles. The van der Waals surface area contributed by atoms with E-state index in [2.05, 4.69) is 13.8 Å². The van der Waals surface area contributed by atoms with Gasteiger partial charge in [-0.05, 0) is 30.1 Å². The summed E-state index contributed by atoms with van der Waals surface area (Å²) in [6.45, 7) is 6.11. The molecule has 0 aromatic carbocycles. The normalized spacial score (nSPS) is 44.2. The molecule has 4 nitrogen and oxygen atoms in total. The molecule has 3 aliphatic rings. The molecule has 1 aliphatic heterocycles. The summed E-state index contributed by atoms with van der Waals surface area (Å²) < 4.78 is 5.49. The zero-order valence-electron chi connectivity index (χ0n) is 11.1. The molecule has 1 spiro atoms. The van der Waals surface area contributed by atoms with Crippen molar-refractivity contribution in [2.45, 2.75) is 39.7 Å². The summed E-state index contributed by atoms with van der Waals surface area (Å²) in [5.41, 5.74) is 0.0643. The molecule has 0 radical (unpaired) electrons. The molecule has 5 atom stereocenters. The van der Waals surface area contributed by atoms with Gasteiger partial charge in [0, 0.05) is 5.92 Å². The number of fused-ring (bicyclic) bond motifs is 2. The van der Waals surface area contributed by atoms with Crippen LogP contribution in [0.25, 0.3) is 0 Å². The monoisotopic (exact) mass is 252 g/mol. The minimum atomic E-state index is -0.831. The summed E-state index contributed by atoms with van der Waals surface area (Å²) in [6, 6.07) is 0. The maximum Gasteiger partial charge on any atom is 0.310 e. The highest BCUT2D eigenvalue weighted by atomic mass is 16.6. The van der Waals surface area contributed by atoms with Gasteiger partial charge in [0.05, 0.1) is 11.8 Å². The Labute approximate surface area is 107 Å². The van der Waals surface area contributed by atoms with Crippen LogP contribution in [0.3, 0.4) is 0 Å². The van der Waals surface area contributed by atoms with Gasteiger partial charge in [-0.25, -0.2) is 0 Å². The molecule has 100 valence electrons. The predicted octanol–water partition coefficient (Wildman–Crippen LogP) is 1.93. The van der Waals surface area contributed by atoms with Crippen LogP contribution in [0.2, 0.25) is 0 Å². The van der Waals surface area contributed by atoms with Crippen LogP contribution in [0.5, 0.6) is 0 Å². The molecule has 1 N–H and O–H groups in total. The minimum Gasteiger partial charge on any atom is -0.481 e. The van der Waals surface area contributed by atoms with Crippen molar-refractivity contribution in [3.8, 4) is 0 Å². The van der Waals surface area contributed by atoms with E-state index in [9.17, 15) is 14.7 Å². The number of ether oxygens (including phenoxy) is 1. The molecule has 0 aromatic rings. The van der Waals surface area contributed by atoms with Crippen molar-refractivity contribution in [3.63, 3.8) is 0 Å². The van der Waals surface area contributed by atoms with Crippen LogP contribution < -0.4 is 0 Å². The van der Waals surface area contributed by atoms with E-state index in [-0.39, 0.29) is 35.2 Å². The van der Waals surface area contributed by atoms with Gasteiger partial charge in [-0.2, -0.15) is 0 Å². The Morgan fingerprint density at radius 3 is 2.50 bits per heavy atom. The summed E-state index contributed by atoms with van der Waals surface area (Å²) in [4.78, 5) is 23.5. The number of cyclic esters (lactones) is 1. The van der Waals surface area contributed by atoms with Crippen LogP contribution >= 0.6 is 0 Å². The number of hydrogen-bond donors (Lipinski definition) is 1. The van der Waals surface area contributed by atoms with Gasteiger partial charge in [0.2, 0.25) is 0 Å². The quantitative estimate of drug-likeness (QED) is 0.763. The highest BCUT2D eigenvalue weighted by Gasteiger charge is 2.73. The molecular weight excluding hydrogens is 232 g/mol. The second-order valence-corrected chi connectivity index (χ2v) is 6.58. The summed E-state index contributed by atoms with van der Waals surface area (Å²) >= 11 is 0. The van der Waals surface area contributed by atoms with E-state index in [1.54, 1.807) is 0 Å². The molecule has 2 aliphatic carbocycles. The lowest BCUT2D eigenvalue weighted by molar-refractivity contribution is -0.155. The SMILES string of the molecule is CC(C)C1OC(=O)C2C(C(=O)O)C(C)C3(CC3)C12. The third kappa shape index (κ3) is 1.26.